The Hall–Kier alpha value is -5.20. The number of pyridine rings is 1. The Kier molecular flexibility index (Phi) is 9.97. The Balaban J connectivity index is 1.28. The van der Waals surface area contributed by atoms with Gasteiger partial charge in [-0.2, -0.15) is 0 Å². The number of ether oxygens (including phenoxy) is 4. The van der Waals surface area contributed by atoms with Gasteiger partial charge in [0, 0.05) is 67.6 Å². The van der Waals surface area contributed by atoms with E-state index in [1.807, 2.05) is 22.8 Å². The largest absolute Gasteiger partial charge is 0.493 e. The summed E-state index contributed by atoms with van der Waals surface area (Å²) in [7, 11) is 4.47. The topological polar surface area (TPSA) is 141 Å². The van der Waals surface area contributed by atoms with Crippen LogP contribution in [0.25, 0.3) is 0 Å². The molecule has 0 saturated carbocycles. The molecule has 0 aliphatic carbocycles. The number of amides is 3. The third-order valence-corrected chi connectivity index (χ3v) is 9.61. The summed E-state index contributed by atoms with van der Waals surface area (Å²) in [5.41, 5.74) is 2.97. The number of nitrogens with one attached hydrogen (secondary N) is 2. The number of benzene rings is 2. The van der Waals surface area contributed by atoms with Gasteiger partial charge in [-0.3, -0.25) is 14.4 Å². The Morgan fingerprint density at radius 3 is 2.27 bits per heavy atom. The predicted octanol–water partition coefficient (Wildman–Crippen LogP) is 4.10. The van der Waals surface area contributed by atoms with Crippen LogP contribution in [0.3, 0.4) is 0 Å². The van der Waals surface area contributed by atoms with Gasteiger partial charge in [-0.1, -0.05) is 6.07 Å². The number of rotatable bonds is 9. The van der Waals surface area contributed by atoms with E-state index in [1.54, 1.807) is 42.2 Å². The third-order valence-electron chi connectivity index (χ3n) is 9.61. The van der Waals surface area contributed by atoms with E-state index in [-0.39, 0.29) is 41.0 Å². The minimum Gasteiger partial charge on any atom is -0.493 e. The van der Waals surface area contributed by atoms with Gasteiger partial charge >= 0.3 is 6.09 Å². The predicted molar refractivity (Wildman–Crippen MR) is 183 cm³/mol. The molecule has 49 heavy (non-hydrogen) atoms. The molecule has 2 aromatic carbocycles. The summed E-state index contributed by atoms with van der Waals surface area (Å²) in [6, 6.07) is 13.8. The SMILES string of the molecule is CCOC(=O)N1CCC(NC(=O)c2ccc(N3C[C@H]4C[C@@H](C3)c3cccc(=O)n3C4)c(NC(=O)c3cc(OC)c(OC)c(OC)c3)c2)CC1. The number of fused-ring (bicyclic) bond motifs is 4. The summed E-state index contributed by atoms with van der Waals surface area (Å²) >= 11 is 0. The van der Waals surface area contributed by atoms with Crippen LogP contribution in [0.5, 0.6) is 17.2 Å². The zero-order chi connectivity index (χ0) is 34.7. The Labute approximate surface area is 285 Å². The van der Waals surface area contributed by atoms with E-state index in [2.05, 4.69) is 15.5 Å². The number of anilines is 2. The number of hydrogen-bond donors (Lipinski definition) is 2. The molecule has 2 bridgehead atoms. The van der Waals surface area contributed by atoms with E-state index < -0.39 is 5.91 Å². The van der Waals surface area contributed by atoms with Crippen LogP contribution in [0, 0.1) is 5.92 Å². The van der Waals surface area contributed by atoms with Crippen molar-refractivity contribution >= 4 is 29.3 Å². The van der Waals surface area contributed by atoms with Gasteiger partial charge in [0.25, 0.3) is 17.4 Å². The van der Waals surface area contributed by atoms with Gasteiger partial charge in [-0.15, -0.1) is 0 Å². The van der Waals surface area contributed by atoms with E-state index in [4.69, 9.17) is 18.9 Å². The zero-order valence-corrected chi connectivity index (χ0v) is 28.3. The molecule has 3 aliphatic heterocycles. The first-order valence-electron chi connectivity index (χ1n) is 16.7. The minimum absolute atomic E-state index is 0.0147. The molecule has 2 saturated heterocycles. The molecule has 0 unspecified atom stereocenters. The molecule has 6 rings (SSSR count). The second-order valence-corrected chi connectivity index (χ2v) is 12.6. The van der Waals surface area contributed by atoms with E-state index in [0.29, 0.717) is 80.7 Å². The molecule has 2 fully saturated rings. The van der Waals surface area contributed by atoms with Crippen molar-refractivity contribution in [2.24, 2.45) is 5.92 Å². The molecule has 0 radical (unpaired) electrons. The normalized spacial score (nSPS) is 18.6. The standard InChI is InChI=1S/C36H43N5O8/c1-5-49-36(45)39-13-11-26(12-14-39)37-34(43)23-9-10-29(40-19-22-15-25(21-40)28-7-6-8-32(42)41(28)20-22)27(16-23)38-35(44)24-17-30(46-2)33(48-4)31(18-24)47-3/h6-10,16-18,22,25-26H,5,11-15,19-21H2,1-4H3,(H,37,43)(H,38,44)/t22-,25+/m1/s1. The summed E-state index contributed by atoms with van der Waals surface area (Å²) in [5.74, 6) is 0.746. The van der Waals surface area contributed by atoms with Gasteiger partial charge in [0.15, 0.2) is 11.5 Å². The number of carbonyl (C=O) groups is 3. The number of nitrogens with zero attached hydrogens (tertiary/aromatic N) is 3. The van der Waals surface area contributed by atoms with E-state index in [1.165, 1.54) is 21.3 Å². The van der Waals surface area contributed by atoms with Crippen molar-refractivity contribution in [2.75, 3.05) is 64.3 Å². The number of aromatic nitrogens is 1. The fourth-order valence-corrected chi connectivity index (χ4v) is 7.24. The summed E-state index contributed by atoms with van der Waals surface area (Å²) in [5, 5.41) is 6.17. The molecular formula is C36H43N5O8. The van der Waals surface area contributed by atoms with Crippen molar-refractivity contribution in [3.8, 4) is 17.2 Å². The minimum atomic E-state index is -0.418. The molecule has 260 valence electrons. The van der Waals surface area contributed by atoms with Gasteiger partial charge in [-0.25, -0.2) is 4.79 Å². The highest BCUT2D eigenvalue weighted by molar-refractivity contribution is 6.08. The van der Waals surface area contributed by atoms with Crippen LogP contribution >= 0.6 is 0 Å². The average Bonchev–Trinajstić information content (AvgIpc) is 3.11. The molecule has 4 heterocycles. The lowest BCUT2D eigenvalue weighted by molar-refractivity contribution is 0.0859. The highest BCUT2D eigenvalue weighted by atomic mass is 16.6. The van der Waals surface area contributed by atoms with Crippen molar-refractivity contribution in [3.05, 3.63) is 75.7 Å². The summed E-state index contributed by atoms with van der Waals surface area (Å²) in [6.07, 6.45) is 1.85. The molecule has 3 amide bonds. The maximum Gasteiger partial charge on any atom is 0.409 e. The van der Waals surface area contributed by atoms with Crippen LogP contribution in [-0.4, -0.2) is 87.5 Å². The number of carbonyl (C=O) groups excluding carboxylic acids is 3. The van der Waals surface area contributed by atoms with Gasteiger partial charge in [0.1, 0.15) is 0 Å². The first kappa shape index (κ1) is 33.7. The fraction of sp³-hybridized carbons (Fsp3) is 0.444. The maximum atomic E-state index is 13.8. The summed E-state index contributed by atoms with van der Waals surface area (Å²) < 4.78 is 23.4. The number of likely N-dealkylation sites (tertiary alicyclic amines) is 1. The third kappa shape index (κ3) is 7.01. The number of hydrogen-bond acceptors (Lipinski definition) is 9. The second kappa shape index (κ2) is 14.5. The van der Waals surface area contributed by atoms with Crippen LogP contribution in [0.15, 0.2) is 53.3 Å². The Morgan fingerprint density at radius 2 is 1.59 bits per heavy atom. The smallest absolute Gasteiger partial charge is 0.409 e. The lowest BCUT2D eigenvalue weighted by Crippen LogP contribution is -2.47. The second-order valence-electron chi connectivity index (χ2n) is 12.6. The number of piperidine rings is 2. The summed E-state index contributed by atoms with van der Waals surface area (Å²) in [4.78, 5) is 56.1. The highest BCUT2D eigenvalue weighted by Crippen LogP contribution is 2.41. The molecule has 13 heteroatoms. The zero-order valence-electron chi connectivity index (χ0n) is 28.3. The quantitative estimate of drug-likeness (QED) is 0.344. The van der Waals surface area contributed by atoms with Crippen molar-refractivity contribution < 1.29 is 33.3 Å². The summed E-state index contributed by atoms with van der Waals surface area (Å²) in [6.45, 7) is 5.04. The molecule has 3 aromatic rings. The fourth-order valence-electron chi connectivity index (χ4n) is 7.24. The van der Waals surface area contributed by atoms with Crippen molar-refractivity contribution in [1.82, 2.24) is 14.8 Å². The molecule has 0 spiro atoms. The van der Waals surface area contributed by atoms with Gasteiger partial charge in [0.05, 0.1) is 39.3 Å². The van der Waals surface area contributed by atoms with Gasteiger partial charge in [-0.05, 0) is 68.5 Å². The van der Waals surface area contributed by atoms with Crippen molar-refractivity contribution in [2.45, 2.75) is 44.7 Å². The monoisotopic (exact) mass is 673 g/mol. The molecule has 2 atom stereocenters. The van der Waals surface area contributed by atoms with Gasteiger partial charge in [0.2, 0.25) is 5.75 Å². The van der Waals surface area contributed by atoms with Crippen LogP contribution in [0.2, 0.25) is 0 Å². The van der Waals surface area contributed by atoms with Gasteiger partial charge < -0.3 is 43.9 Å². The molecule has 3 aliphatic rings. The average molecular weight is 674 g/mol. The molecule has 13 nitrogen and oxygen atoms in total. The van der Waals surface area contributed by atoms with Crippen LogP contribution in [0.1, 0.15) is 58.5 Å². The lowest BCUT2D eigenvalue weighted by Gasteiger charge is -2.44. The number of methoxy groups -OCH3 is 3. The van der Waals surface area contributed by atoms with Crippen LogP contribution in [0.4, 0.5) is 16.2 Å². The lowest BCUT2D eigenvalue weighted by atomic mass is 9.83. The van der Waals surface area contributed by atoms with E-state index in [0.717, 1.165) is 17.8 Å². The highest BCUT2D eigenvalue weighted by Gasteiger charge is 2.36. The first-order valence-corrected chi connectivity index (χ1v) is 16.7. The van der Waals surface area contributed by atoms with Crippen molar-refractivity contribution in [1.29, 1.82) is 0 Å². The molecule has 2 N–H and O–H groups in total. The van der Waals surface area contributed by atoms with Crippen LogP contribution in [-0.2, 0) is 11.3 Å². The van der Waals surface area contributed by atoms with E-state index in [9.17, 15) is 19.2 Å². The Bertz CT molecular complexity index is 1760. The first-order chi connectivity index (χ1) is 23.7. The Morgan fingerprint density at radius 1 is 0.857 bits per heavy atom. The van der Waals surface area contributed by atoms with Crippen molar-refractivity contribution in [3.63, 3.8) is 0 Å². The van der Waals surface area contributed by atoms with Crippen LogP contribution < -0.4 is 35.3 Å². The van der Waals surface area contributed by atoms with E-state index >= 15 is 0 Å². The molecule has 1 aromatic heterocycles. The molecular weight excluding hydrogens is 630 g/mol. The maximum absolute atomic E-state index is 13.8.